The molecule has 744 valence electrons. The Hall–Kier alpha value is -13.9. The molecule has 9 rings (SSSR count). The van der Waals surface area contributed by atoms with Crippen LogP contribution in [0.25, 0.3) is 0 Å². The topological polar surface area (TPSA) is 467 Å². The van der Waals surface area contributed by atoms with Crippen LogP contribution in [-0.2, 0) is 68.3 Å². The first-order chi connectivity index (χ1) is 64.8. The van der Waals surface area contributed by atoms with Crippen LogP contribution in [0.4, 0.5) is 24.9 Å². The Balaban J connectivity index is 0.000000303. The van der Waals surface area contributed by atoms with Crippen molar-refractivity contribution in [3.63, 3.8) is 0 Å². The summed E-state index contributed by atoms with van der Waals surface area (Å²) in [5.74, 6) is -2.50. The molecule has 0 radical (unpaired) electrons. The van der Waals surface area contributed by atoms with E-state index in [9.17, 15) is 58.1 Å². The maximum Gasteiger partial charge on any atom is 0.413 e. The van der Waals surface area contributed by atoms with Crippen molar-refractivity contribution in [2.75, 3.05) is 13.1 Å². The molecule has 6 atom stereocenters. The zero-order valence-electron chi connectivity index (χ0n) is 82.9. The van der Waals surface area contributed by atoms with Gasteiger partial charge >= 0.3 is 48.2 Å². The van der Waals surface area contributed by atoms with E-state index >= 15 is 0 Å². The Bertz CT molecular complexity index is 5180. The number of alkyl carbamates (subject to hydrolysis) is 2. The number of esters is 4. The summed E-state index contributed by atoms with van der Waals surface area (Å²) in [5, 5.41) is 47.7. The van der Waals surface area contributed by atoms with Gasteiger partial charge < -0.3 is 84.9 Å². The van der Waals surface area contributed by atoms with Crippen LogP contribution in [0.3, 0.4) is 0 Å². The van der Waals surface area contributed by atoms with E-state index in [2.05, 4.69) is 57.6 Å². The molecule has 0 unspecified atom stereocenters. The molecule has 7 aromatic carbocycles. The third kappa shape index (κ3) is 38.3. The molecule has 9 N–H and O–H groups in total. The summed E-state index contributed by atoms with van der Waals surface area (Å²) >= 11 is 0. The molecule has 0 saturated carbocycles. The molecular weight excluding hydrogens is 1770 g/mol. The number of carbonyl (C=O) groups excluding carboxylic acids is 10. The predicted molar refractivity (Wildman–Crippen MR) is 519 cm³/mol. The number of ether oxygens (including phenoxy) is 7. The van der Waals surface area contributed by atoms with Crippen molar-refractivity contribution < 1.29 is 94.9 Å². The van der Waals surface area contributed by atoms with Crippen molar-refractivity contribution in [1.29, 1.82) is 0 Å². The summed E-state index contributed by atoms with van der Waals surface area (Å²) in [4.78, 5) is 139. The lowest BCUT2D eigenvalue weighted by molar-refractivity contribution is -0.384. The number of nitrogens with zero attached hydrogens (tertiary/aromatic N) is 5. The quantitative estimate of drug-likeness (QED) is 0.00443. The molecule has 2 aromatic heterocycles. The Kier molecular flexibility index (Phi) is 41.3. The SMILES string of the molecule is CC(C)(C)OC(=O)CC[C@H](NC(=O)Oc1ccc([N+](=O)[O-])cc1)C(=O)OC(C)(C)C.C[C@@H](CCCCNC(=O)OC(C)(C)C)c1nnc([C@@H](N)CC(=O)NC(c2ccccc2)(c2ccccc2)c2ccccc2)o1.C[C@@H](CCCCNC(=O)OC(C)(C)C)c1nnc([C@H](CC(=O)NC(c2ccccc2)(c2ccccc2)c2ccccc2)NC(=O)N[C@@H](CCC(=O)OC(C)(C)C)C(=O)OC(C)(C)C)o1. The van der Waals surface area contributed by atoms with Crippen LogP contribution < -0.4 is 47.7 Å². The number of nitro benzene ring substituents is 1. The Morgan fingerprint density at radius 1 is 0.370 bits per heavy atom. The van der Waals surface area contributed by atoms with Gasteiger partial charge in [-0.05, 0) is 209 Å². The van der Waals surface area contributed by atoms with Gasteiger partial charge in [-0.1, -0.05) is 209 Å². The number of non-ortho nitro benzene ring substituents is 1. The molecule has 9 aromatic rings. The minimum absolute atomic E-state index is 0.000643. The maximum absolute atomic E-state index is 14.7. The molecule has 0 saturated heterocycles. The van der Waals surface area contributed by atoms with E-state index < -0.39 is 128 Å². The fraction of sp³-hybridized carbons (Fsp3) is 0.462. The van der Waals surface area contributed by atoms with Crippen molar-refractivity contribution in [2.45, 2.75) is 296 Å². The largest absolute Gasteiger partial charge is 0.460 e. The number of hydrogen-bond donors (Lipinski definition) is 8. The lowest BCUT2D eigenvalue weighted by Crippen LogP contribution is -2.51. The zero-order chi connectivity index (χ0) is 102. The van der Waals surface area contributed by atoms with E-state index in [1.165, 1.54) is 24.3 Å². The first-order valence-electron chi connectivity index (χ1n) is 46.3. The number of amides is 7. The lowest BCUT2D eigenvalue weighted by atomic mass is 9.77. The van der Waals surface area contributed by atoms with Crippen LogP contribution in [-0.4, -0.2) is 144 Å². The highest BCUT2D eigenvalue weighted by atomic mass is 16.6. The van der Waals surface area contributed by atoms with E-state index in [0.717, 1.165) is 59.1 Å². The van der Waals surface area contributed by atoms with E-state index in [4.69, 9.17) is 47.7 Å². The minimum atomic E-state index is -1.26. The van der Waals surface area contributed by atoms with Gasteiger partial charge in [-0.2, -0.15) is 0 Å². The normalized spacial score (nSPS) is 13.1. The van der Waals surface area contributed by atoms with Crippen LogP contribution in [0.5, 0.6) is 5.75 Å². The lowest BCUT2D eigenvalue weighted by Gasteiger charge is -2.37. The van der Waals surface area contributed by atoms with Gasteiger partial charge in [0.05, 0.1) is 23.8 Å². The summed E-state index contributed by atoms with van der Waals surface area (Å²) in [6.07, 6.45) is 1.71. The average Bonchev–Trinajstić information content (AvgIpc) is 0.765. The summed E-state index contributed by atoms with van der Waals surface area (Å²) < 4.78 is 49.3. The van der Waals surface area contributed by atoms with Gasteiger partial charge in [0.25, 0.3) is 5.69 Å². The van der Waals surface area contributed by atoms with Crippen molar-refractivity contribution in [3.8, 4) is 5.75 Å². The number of urea groups is 1. The number of aromatic nitrogens is 4. The highest BCUT2D eigenvalue weighted by molar-refractivity contribution is 5.86. The fourth-order valence-corrected chi connectivity index (χ4v) is 14.2. The number of unbranched alkanes of at least 4 members (excludes halogenated alkanes) is 2. The molecule has 0 fully saturated rings. The minimum Gasteiger partial charge on any atom is -0.460 e. The van der Waals surface area contributed by atoms with Gasteiger partial charge in [0.2, 0.25) is 35.4 Å². The average molecular weight is 1910 g/mol. The summed E-state index contributed by atoms with van der Waals surface area (Å²) in [5.41, 5.74) is 5.10. The molecule has 0 bridgehead atoms. The first-order valence-corrected chi connectivity index (χ1v) is 46.3. The molecule has 138 heavy (non-hydrogen) atoms. The van der Waals surface area contributed by atoms with Crippen molar-refractivity contribution >= 4 is 65.7 Å². The number of nitrogens with one attached hydrogen (secondary N) is 7. The molecular formula is C104H137N13O21. The van der Waals surface area contributed by atoms with Gasteiger partial charge in [-0.3, -0.25) is 29.3 Å². The third-order valence-corrected chi connectivity index (χ3v) is 20.2. The highest BCUT2D eigenvalue weighted by Crippen LogP contribution is 2.40. The molecule has 0 aliphatic rings. The predicted octanol–water partition coefficient (Wildman–Crippen LogP) is 18.4. The van der Waals surface area contributed by atoms with Crippen LogP contribution in [0, 0.1) is 10.1 Å². The maximum atomic E-state index is 14.7. The van der Waals surface area contributed by atoms with E-state index in [1.54, 1.807) is 104 Å². The number of hydrogen-bond acceptors (Lipinski definition) is 26. The van der Waals surface area contributed by atoms with Gasteiger partial charge in [0.15, 0.2) is 0 Å². The van der Waals surface area contributed by atoms with Gasteiger partial charge in [-0.25, -0.2) is 28.8 Å². The second kappa shape index (κ2) is 51.3. The molecule has 2 heterocycles. The van der Waals surface area contributed by atoms with E-state index in [1.807, 2.05) is 217 Å². The van der Waals surface area contributed by atoms with E-state index in [0.29, 0.717) is 37.7 Å². The Morgan fingerprint density at radius 3 is 1.01 bits per heavy atom. The number of nitro groups is 1. The van der Waals surface area contributed by atoms with Crippen molar-refractivity contribution in [1.82, 2.24) is 57.6 Å². The number of benzene rings is 7. The molecule has 7 amide bonds. The highest BCUT2D eigenvalue weighted by Gasteiger charge is 2.42. The molecule has 34 nitrogen and oxygen atoms in total. The van der Waals surface area contributed by atoms with Gasteiger partial charge in [0, 0.05) is 49.9 Å². The second-order valence-corrected chi connectivity index (χ2v) is 39.3. The fourth-order valence-electron chi connectivity index (χ4n) is 14.2. The summed E-state index contributed by atoms with van der Waals surface area (Å²) in [6.45, 7) is 36.2. The smallest absolute Gasteiger partial charge is 0.413 e. The monoisotopic (exact) mass is 1900 g/mol. The molecule has 0 spiro atoms. The Morgan fingerprint density at radius 2 is 0.681 bits per heavy atom. The standard InChI is InChI=1S/C49H66N6O9.C35H43N5O4.C20H28N2O8/c1-33(22-20-21-31-50-45(60)64-48(8,9)10)41-54-55-42(61-41)38(52-44(59)51-37(43(58)63-47(5,6)7)29-30-40(57)62-46(2,3)4)32-39(56)53-49(34-23-14-11-15-24-34,35-25-16-12-17-26-35)36-27-18-13-19-28-36;1-25(16-14-15-23-37-33(42)44-34(2,3)4)31-39-40-32(43-31)29(36)24-30(41)38-35(26-17-8-5-9-18-26,27-19-10-6-11-20-27)28-21-12-7-13-22-28;1-19(2,3)29-16(23)12-11-15(17(24)30-20(4,5)6)21-18(25)28-14-9-7-13(8-10-14)22(26)27/h11-19,23-28,33,37-38H,20-22,29-32H2,1-10H3,(H,50,60)(H,53,56)(H2,51,52,59);5-13,17-22,25,29H,14-16,23-24,36H2,1-4H3,(H,37,42)(H,38,41);7-10,15H,11-12H2,1-6H3,(H,21,25)/t33-,37-,38-;25-,29-;15-/m000/s1. The molecule has 0 aliphatic carbocycles. The summed E-state index contributed by atoms with van der Waals surface area (Å²) in [7, 11) is 0. The number of nitrogens with two attached hydrogens (primary N) is 1. The van der Waals surface area contributed by atoms with Crippen LogP contribution in [0.1, 0.15) is 296 Å². The van der Waals surface area contributed by atoms with Crippen LogP contribution in [0.15, 0.2) is 215 Å². The first kappa shape index (κ1) is 111. The molecule has 34 heteroatoms. The second-order valence-electron chi connectivity index (χ2n) is 39.3. The van der Waals surface area contributed by atoms with Crippen molar-refractivity contribution in [3.05, 3.63) is 273 Å². The zero-order valence-corrected chi connectivity index (χ0v) is 82.9. The Labute approximate surface area is 808 Å². The number of carbonyl (C=O) groups is 10. The summed E-state index contributed by atoms with van der Waals surface area (Å²) in [6, 6.07) is 58.1. The number of rotatable bonds is 39. The van der Waals surface area contributed by atoms with E-state index in [-0.39, 0.29) is 79.5 Å². The van der Waals surface area contributed by atoms with Gasteiger partial charge in [0.1, 0.15) is 68.6 Å². The third-order valence-electron chi connectivity index (χ3n) is 20.2. The molecule has 0 aliphatic heterocycles. The van der Waals surface area contributed by atoms with Gasteiger partial charge in [-0.15, -0.1) is 20.4 Å². The van der Waals surface area contributed by atoms with Crippen LogP contribution in [0.2, 0.25) is 0 Å². The van der Waals surface area contributed by atoms with Crippen LogP contribution >= 0.6 is 0 Å². The van der Waals surface area contributed by atoms with Crippen molar-refractivity contribution in [2.24, 2.45) is 5.73 Å².